The second-order valence-corrected chi connectivity index (χ2v) is 7.69. The minimum Gasteiger partial charge on any atom is -0.435 e. The Morgan fingerprint density at radius 2 is 1.89 bits per heavy atom. The Balaban J connectivity index is 0.00000280. The van der Waals surface area contributed by atoms with E-state index in [4.69, 9.17) is 0 Å². The van der Waals surface area contributed by atoms with E-state index in [0.29, 0.717) is 10.8 Å². The number of ether oxygens (including phenoxy) is 1. The first-order chi connectivity index (χ1) is 13.1. The molecule has 1 aromatic heterocycles. The second-order valence-electron chi connectivity index (χ2n) is 6.61. The predicted octanol–water partition coefficient (Wildman–Crippen LogP) is 4.90. The summed E-state index contributed by atoms with van der Waals surface area (Å²) in [6, 6.07) is 10.2. The fourth-order valence-electron chi connectivity index (χ4n) is 3.25. The number of halogens is 3. The molecule has 1 aromatic carbocycles. The number of hydrogen-bond acceptors (Lipinski definition) is 4. The Bertz CT molecular complexity index is 747. The van der Waals surface area contributed by atoms with E-state index in [1.54, 1.807) is 12.1 Å². The van der Waals surface area contributed by atoms with Gasteiger partial charge in [-0.1, -0.05) is 6.92 Å². The number of alkyl halides is 2. The molecule has 0 atom stereocenters. The van der Waals surface area contributed by atoms with Crippen LogP contribution < -0.4 is 10.1 Å². The lowest BCUT2D eigenvalue weighted by atomic mass is 9.96. The van der Waals surface area contributed by atoms with E-state index in [1.165, 1.54) is 23.5 Å². The Kier molecular flexibility index (Phi) is 8.66. The lowest BCUT2D eigenvalue weighted by molar-refractivity contribution is -0.0498. The van der Waals surface area contributed by atoms with Crippen molar-refractivity contribution in [2.24, 2.45) is 5.92 Å². The summed E-state index contributed by atoms with van der Waals surface area (Å²) in [5, 5.41) is 3.38. The maximum atomic E-state index is 12.8. The van der Waals surface area contributed by atoms with Gasteiger partial charge in [0.15, 0.2) is 0 Å². The van der Waals surface area contributed by atoms with Crippen molar-refractivity contribution in [1.29, 1.82) is 0 Å². The topological polar surface area (TPSA) is 41.6 Å². The summed E-state index contributed by atoms with van der Waals surface area (Å²) < 4.78 is 28.8. The average molecular weight is 431 g/mol. The van der Waals surface area contributed by atoms with Gasteiger partial charge >= 0.3 is 6.61 Å². The van der Waals surface area contributed by atoms with Crippen LogP contribution in [0, 0.1) is 5.92 Å². The van der Waals surface area contributed by atoms with Crippen LogP contribution in [0.1, 0.15) is 29.4 Å². The number of likely N-dealkylation sites (tertiary alicyclic amines) is 1. The molecule has 0 aliphatic carbocycles. The van der Waals surface area contributed by atoms with Crippen LogP contribution in [0.5, 0.6) is 5.75 Å². The zero-order chi connectivity index (χ0) is 19.2. The fourth-order valence-corrected chi connectivity index (χ4v) is 4.23. The van der Waals surface area contributed by atoms with Crippen LogP contribution in [0.4, 0.5) is 8.78 Å². The van der Waals surface area contributed by atoms with Crippen LogP contribution in [-0.4, -0.2) is 43.6 Å². The molecule has 2 aromatic rings. The standard InChI is InChI=1S/C20H24F2N2O2S.ClH/c1-2-23-13-14-9-11-24(12-10-14)19(25)18-8-7-17(27-18)15-3-5-16(6-4-15)26-20(21)22;/h3-8,14,20,23H,2,9-13H2,1H3;1H. The van der Waals surface area contributed by atoms with Crippen LogP contribution in [0.3, 0.4) is 0 Å². The summed E-state index contributed by atoms with van der Waals surface area (Å²) in [7, 11) is 0. The van der Waals surface area contributed by atoms with E-state index in [9.17, 15) is 13.6 Å². The Labute approximate surface area is 174 Å². The molecule has 4 nitrogen and oxygen atoms in total. The number of benzene rings is 1. The number of carbonyl (C=O) groups is 1. The number of hydrogen-bond donors (Lipinski definition) is 1. The SMILES string of the molecule is CCNCC1CCN(C(=O)c2ccc(-c3ccc(OC(F)F)cc3)s2)CC1.Cl. The van der Waals surface area contributed by atoms with E-state index >= 15 is 0 Å². The molecule has 1 aliphatic rings. The number of nitrogens with one attached hydrogen (secondary N) is 1. The highest BCUT2D eigenvalue weighted by molar-refractivity contribution is 7.17. The molecule has 1 saturated heterocycles. The third-order valence-electron chi connectivity index (χ3n) is 4.77. The average Bonchev–Trinajstić information content (AvgIpc) is 3.16. The summed E-state index contributed by atoms with van der Waals surface area (Å²) in [5.74, 6) is 0.842. The molecule has 154 valence electrons. The van der Waals surface area contributed by atoms with Crippen molar-refractivity contribution < 1.29 is 18.3 Å². The van der Waals surface area contributed by atoms with Crippen molar-refractivity contribution in [1.82, 2.24) is 10.2 Å². The molecule has 0 saturated carbocycles. The summed E-state index contributed by atoms with van der Waals surface area (Å²) in [6.45, 7) is 2.86. The van der Waals surface area contributed by atoms with E-state index in [0.717, 1.165) is 49.5 Å². The van der Waals surface area contributed by atoms with Crippen molar-refractivity contribution in [2.45, 2.75) is 26.4 Å². The lowest BCUT2D eigenvalue weighted by Crippen LogP contribution is -2.40. The molecule has 28 heavy (non-hydrogen) atoms. The van der Waals surface area contributed by atoms with Crippen LogP contribution in [0.2, 0.25) is 0 Å². The highest BCUT2D eigenvalue weighted by Crippen LogP contribution is 2.31. The van der Waals surface area contributed by atoms with Crippen molar-refractivity contribution in [3.8, 4) is 16.2 Å². The predicted molar refractivity (Wildman–Crippen MR) is 111 cm³/mol. The van der Waals surface area contributed by atoms with E-state index in [2.05, 4.69) is 17.0 Å². The lowest BCUT2D eigenvalue weighted by Gasteiger charge is -2.31. The first kappa shape index (κ1) is 22.6. The molecule has 0 radical (unpaired) electrons. The zero-order valence-electron chi connectivity index (χ0n) is 15.7. The highest BCUT2D eigenvalue weighted by atomic mass is 35.5. The minimum absolute atomic E-state index is 0. The molecule has 1 fully saturated rings. The fraction of sp³-hybridized carbons (Fsp3) is 0.450. The minimum atomic E-state index is -2.83. The van der Waals surface area contributed by atoms with Crippen molar-refractivity contribution in [3.05, 3.63) is 41.3 Å². The number of nitrogens with zero attached hydrogens (tertiary/aromatic N) is 1. The first-order valence-corrected chi connectivity index (χ1v) is 10.0. The molecule has 0 bridgehead atoms. The molecular formula is C20H25ClF2N2O2S. The Morgan fingerprint density at radius 1 is 1.21 bits per heavy atom. The van der Waals surface area contributed by atoms with Crippen LogP contribution in [0.15, 0.2) is 36.4 Å². The van der Waals surface area contributed by atoms with Crippen LogP contribution >= 0.6 is 23.7 Å². The molecular weight excluding hydrogens is 406 g/mol. The quantitative estimate of drug-likeness (QED) is 0.679. The van der Waals surface area contributed by atoms with Crippen molar-refractivity contribution >= 4 is 29.7 Å². The number of carbonyl (C=O) groups excluding carboxylic acids is 1. The molecule has 8 heteroatoms. The molecule has 2 heterocycles. The smallest absolute Gasteiger partial charge is 0.387 e. The monoisotopic (exact) mass is 430 g/mol. The summed E-state index contributed by atoms with van der Waals surface area (Å²) in [5.41, 5.74) is 0.880. The number of amides is 1. The van der Waals surface area contributed by atoms with Gasteiger partial charge in [-0.25, -0.2) is 0 Å². The normalized spacial score (nSPS) is 14.8. The molecule has 1 aliphatic heterocycles. The number of piperidine rings is 1. The van der Waals surface area contributed by atoms with E-state index in [1.807, 2.05) is 17.0 Å². The maximum absolute atomic E-state index is 12.8. The third-order valence-corrected chi connectivity index (χ3v) is 5.89. The van der Waals surface area contributed by atoms with Crippen molar-refractivity contribution in [3.63, 3.8) is 0 Å². The van der Waals surface area contributed by atoms with Gasteiger partial charge < -0.3 is 15.0 Å². The molecule has 0 spiro atoms. The molecule has 0 unspecified atom stereocenters. The van der Waals surface area contributed by atoms with E-state index < -0.39 is 6.61 Å². The third kappa shape index (κ3) is 5.90. The van der Waals surface area contributed by atoms with Crippen molar-refractivity contribution in [2.75, 3.05) is 26.2 Å². The van der Waals surface area contributed by atoms with Crippen LogP contribution in [-0.2, 0) is 0 Å². The van der Waals surface area contributed by atoms with Gasteiger partial charge in [-0.2, -0.15) is 8.78 Å². The van der Waals surface area contributed by atoms with E-state index in [-0.39, 0.29) is 24.1 Å². The van der Waals surface area contributed by atoms with Gasteiger partial charge in [0.05, 0.1) is 4.88 Å². The first-order valence-electron chi connectivity index (χ1n) is 9.22. The zero-order valence-corrected chi connectivity index (χ0v) is 17.3. The van der Waals surface area contributed by atoms with Crippen LogP contribution in [0.25, 0.3) is 10.4 Å². The molecule has 1 amide bonds. The van der Waals surface area contributed by atoms with Gasteiger partial charge in [0, 0.05) is 18.0 Å². The van der Waals surface area contributed by atoms with Gasteiger partial charge in [0.25, 0.3) is 5.91 Å². The molecule has 1 N–H and O–H groups in total. The summed E-state index contributed by atoms with van der Waals surface area (Å²) in [6.07, 6.45) is 2.06. The largest absolute Gasteiger partial charge is 0.435 e. The maximum Gasteiger partial charge on any atom is 0.387 e. The van der Waals surface area contributed by atoms with Gasteiger partial charge in [-0.3, -0.25) is 4.79 Å². The van der Waals surface area contributed by atoms with Gasteiger partial charge in [-0.05, 0) is 73.8 Å². The highest BCUT2D eigenvalue weighted by Gasteiger charge is 2.24. The summed E-state index contributed by atoms with van der Waals surface area (Å²) >= 11 is 1.43. The van der Waals surface area contributed by atoms with Gasteiger partial charge in [0.2, 0.25) is 0 Å². The number of rotatable bonds is 7. The van der Waals surface area contributed by atoms with Gasteiger partial charge in [0.1, 0.15) is 5.75 Å². The second kappa shape index (κ2) is 10.7. The Hall–Kier alpha value is -1.70. The number of thiophene rings is 1. The van der Waals surface area contributed by atoms with Gasteiger partial charge in [-0.15, -0.1) is 23.7 Å². The summed E-state index contributed by atoms with van der Waals surface area (Å²) in [4.78, 5) is 16.3. The Morgan fingerprint density at radius 3 is 2.50 bits per heavy atom. The molecule has 3 rings (SSSR count).